The van der Waals surface area contributed by atoms with Gasteiger partial charge < -0.3 is 9.80 Å². The van der Waals surface area contributed by atoms with Gasteiger partial charge in [-0.3, -0.25) is 14.5 Å². The second-order valence-corrected chi connectivity index (χ2v) is 9.81. The third kappa shape index (κ3) is 4.94. The van der Waals surface area contributed by atoms with E-state index >= 15 is 0 Å². The first-order valence-corrected chi connectivity index (χ1v) is 12.1. The number of amides is 2. The van der Waals surface area contributed by atoms with Crippen LogP contribution in [0.2, 0.25) is 0 Å². The summed E-state index contributed by atoms with van der Waals surface area (Å²) in [5.74, 6) is 0.101. The van der Waals surface area contributed by atoms with Crippen molar-refractivity contribution in [3.05, 3.63) is 57.6 Å². The smallest absolute Gasteiger partial charge is 0.266 e. The molecule has 2 saturated heterocycles. The first-order valence-electron chi connectivity index (χ1n) is 9.98. The quantitative estimate of drug-likeness (QED) is 0.483. The van der Waals surface area contributed by atoms with Crippen LogP contribution in [0.25, 0.3) is 6.08 Å². The SMILES string of the molecule is O=C(CCCN1C(=O)/C(=C\c2cccs2)SC1=S)N1CCN(c2ccccc2)CC1. The molecule has 0 radical (unpaired) electrons. The van der Waals surface area contributed by atoms with Gasteiger partial charge in [0.1, 0.15) is 4.32 Å². The Labute approximate surface area is 190 Å². The minimum absolute atomic E-state index is 0.0534. The van der Waals surface area contributed by atoms with Crippen molar-refractivity contribution in [1.29, 1.82) is 0 Å². The number of hydrogen-bond donors (Lipinski definition) is 0. The third-order valence-corrected chi connectivity index (χ3v) is 7.41. The molecule has 0 saturated carbocycles. The molecule has 30 heavy (non-hydrogen) atoms. The van der Waals surface area contributed by atoms with Crippen LogP contribution in [0.3, 0.4) is 0 Å². The Balaban J connectivity index is 1.23. The van der Waals surface area contributed by atoms with Crippen LogP contribution in [0.4, 0.5) is 5.69 Å². The number of nitrogens with zero attached hydrogens (tertiary/aromatic N) is 3. The standard InChI is InChI=1S/C22H23N3O2S3/c26-20(24-13-11-23(12-14-24)17-6-2-1-3-7-17)9-4-10-25-21(27)19(30-22(25)28)16-18-8-5-15-29-18/h1-3,5-8,15-16H,4,9-14H2/b19-16+. The monoisotopic (exact) mass is 457 g/mol. The summed E-state index contributed by atoms with van der Waals surface area (Å²) in [5.41, 5.74) is 1.20. The molecule has 5 nitrogen and oxygen atoms in total. The Bertz CT molecular complexity index is 936. The van der Waals surface area contributed by atoms with Crippen LogP contribution in [0, 0.1) is 0 Å². The maximum Gasteiger partial charge on any atom is 0.266 e. The lowest BCUT2D eigenvalue weighted by molar-refractivity contribution is -0.132. The van der Waals surface area contributed by atoms with Crippen molar-refractivity contribution in [1.82, 2.24) is 9.80 Å². The Morgan fingerprint density at radius 1 is 1.07 bits per heavy atom. The van der Waals surface area contributed by atoms with Gasteiger partial charge in [-0.05, 0) is 36.1 Å². The molecule has 2 aromatic rings. The number of para-hydroxylation sites is 1. The average molecular weight is 458 g/mol. The van der Waals surface area contributed by atoms with E-state index in [2.05, 4.69) is 17.0 Å². The first kappa shape index (κ1) is 21.1. The molecule has 156 valence electrons. The second-order valence-electron chi connectivity index (χ2n) is 7.16. The zero-order valence-corrected chi connectivity index (χ0v) is 19.0. The van der Waals surface area contributed by atoms with E-state index in [9.17, 15) is 9.59 Å². The maximum absolute atomic E-state index is 12.6. The van der Waals surface area contributed by atoms with Gasteiger partial charge in [-0.2, -0.15) is 0 Å². The van der Waals surface area contributed by atoms with Gasteiger partial charge in [-0.15, -0.1) is 11.3 Å². The molecular formula is C22H23N3O2S3. The van der Waals surface area contributed by atoms with Crippen molar-refractivity contribution < 1.29 is 9.59 Å². The number of thioether (sulfide) groups is 1. The molecule has 1 aromatic heterocycles. The van der Waals surface area contributed by atoms with Gasteiger partial charge in [0.05, 0.1) is 4.91 Å². The zero-order chi connectivity index (χ0) is 20.9. The van der Waals surface area contributed by atoms with Crippen molar-refractivity contribution in [3.8, 4) is 0 Å². The summed E-state index contributed by atoms with van der Waals surface area (Å²) in [5, 5.41) is 1.98. The predicted octanol–water partition coefficient (Wildman–Crippen LogP) is 4.08. The number of piperazine rings is 1. The highest BCUT2D eigenvalue weighted by molar-refractivity contribution is 8.26. The number of carbonyl (C=O) groups is 2. The molecule has 0 unspecified atom stereocenters. The van der Waals surface area contributed by atoms with Crippen molar-refractivity contribution >= 4 is 63.2 Å². The van der Waals surface area contributed by atoms with Crippen molar-refractivity contribution in [2.75, 3.05) is 37.6 Å². The Hall–Kier alpha value is -2.16. The van der Waals surface area contributed by atoms with E-state index in [1.165, 1.54) is 17.4 Å². The molecule has 2 aliphatic rings. The largest absolute Gasteiger partial charge is 0.368 e. The topological polar surface area (TPSA) is 43.9 Å². The lowest BCUT2D eigenvalue weighted by atomic mass is 10.2. The van der Waals surface area contributed by atoms with Crippen molar-refractivity contribution in [3.63, 3.8) is 0 Å². The molecule has 0 spiro atoms. The number of benzene rings is 1. The highest BCUT2D eigenvalue weighted by atomic mass is 32.2. The van der Waals surface area contributed by atoms with Gasteiger partial charge >= 0.3 is 0 Å². The summed E-state index contributed by atoms with van der Waals surface area (Å²) in [6.45, 7) is 3.65. The van der Waals surface area contributed by atoms with Crippen LogP contribution in [-0.2, 0) is 9.59 Å². The summed E-state index contributed by atoms with van der Waals surface area (Å²) in [6, 6.07) is 14.2. The van der Waals surface area contributed by atoms with Crippen LogP contribution >= 0.6 is 35.3 Å². The highest BCUT2D eigenvalue weighted by Gasteiger charge is 2.32. The lowest BCUT2D eigenvalue weighted by Crippen LogP contribution is -2.48. The van der Waals surface area contributed by atoms with E-state index < -0.39 is 0 Å². The average Bonchev–Trinajstić information content (AvgIpc) is 3.38. The molecule has 0 aliphatic carbocycles. The van der Waals surface area contributed by atoms with Crippen LogP contribution in [0.1, 0.15) is 17.7 Å². The van der Waals surface area contributed by atoms with E-state index in [0.717, 1.165) is 31.1 Å². The minimum Gasteiger partial charge on any atom is -0.368 e. The number of thiocarbonyl (C=S) groups is 1. The fourth-order valence-corrected chi connectivity index (χ4v) is 5.63. The molecule has 0 bridgehead atoms. The predicted molar refractivity (Wildman–Crippen MR) is 129 cm³/mol. The van der Waals surface area contributed by atoms with Crippen LogP contribution < -0.4 is 4.90 Å². The molecule has 4 rings (SSSR count). The number of thiophene rings is 1. The van der Waals surface area contributed by atoms with Gasteiger partial charge in [0, 0.05) is 49.7 Å². The van der Waals surface area contributed by atoms with Gasteiger partial charge in [0.15, 0.2) is 0 Å². The van der Waals surface area contributed by atoms with E-state index in [0.29, 0.717) is 28.6 Å². The highest BCUT2D eigenvalue weighted by Crippen LogP contribution is 2.33. The van der Waals surface area contributed by atoms with Gasteiger partial charge in [-0.1, -0.05) is 48.2 Å². The van der Waals surface area contributed by atoms with E-state index in [4.69, 9.17) is 12.2 Å². The number of hydrogen-bond acceptors (Lipinski definition) is 6. The normalized spacial score (nSPS) is 18.5. The molecule has 3 heterocycles. The number of anilines is 1. The Kier molecular flexibility index (Phi) is 6.86. The van der Waals surface area contributed by atoms with Crippen LogP contribution in [-0.4, -0.2) is 58.7 Å². The first-order chi connectivity index (χ1) is 14.6. The van der Waals surface area contributed by atoms with Crippen LogP contribution in [0.5, 0.6) is 0 Å². The summed E-state index contributed by atoms with van der Waals surface area (Å²) < 4.78 is 0.576. The summed E-state index contributed by atoms with van der Waals surface area (Å²) in [4.78, 5) is 32.8. The molecule has 2 aliphatic heterocycles. The fourth-order valence-electron chi connectivity index (χ4n) is 3.59. The molecule has 2 fully saturated rings. The number of rotatable bonds is 6. The fraction of sp³-hybridized carbons (Fsp3) is 0.318. The summed E-state index contributed by atoms with van der Waals surface area (Å²) >= 11 is 8.32. The maximum atomic E-state index is 12.6. The lowest BCUT2D eigenvalue weighted by Gasteiger charge is -2.36. The molecular weight excluding hydrogens is 434 g/mol. The Morgan fingerprint density at radius 3 is 2.53 bits per heavy atom. The van der Waals surface area contributed by atoms with Gasteiger partial charge in [0.25, 0.3) is 5.91 Å². The molecule has 0 N–H and O–H groups in total. The minimum atomic E-state index is -0.0534. The molecule has 8 heteroatoms. The number of carbonyl (C=O) groups excluding carboxylic acids is 2. The third-order valence-electron chi connectivity index (χ3n) is 5.22. The van der Waals surface area contributed by atoms with Crippen LogP contribution in [0.15, 0.2) is 52.7 Å². The molecule has 2 amide bonds. The Morgan fingerprint density at radius 2 is 1.83 bits per heavy atom. The van der Waals surface area contributed by atoms with Gasteiger partial charge in [-0.25, -0.2) is 0 Å². The zero-order valence-electron chi connectivity index (χ0n) is 16.5. The summed E-state index contributed by atoms with van der Waals surface area (Å²) in [7, 11) is 0. The molecule has 1 aromatic carbocycles. The van der Waals surface area contributed by atoms with E-state index in [1.54, 1.807) is 16.2 Å². The summed E-state index contributed by atoms with van der Waals surface area (Å²) in [6.07, 6.45) is 2.95. The van der Waals surface area contributed by atoms with Gasteiger partial charge in [0.2, 0.25) is 5.91 Å². The van der Waals surface area contributed by atoms with E-state index in [1.807, 2.05) is 46.7 Å². The van der Waals surface area contributed by atoms with E-state index in [-0.39, 0.29) is 11.8 Å². The second kappa shape index (κ2) is 9.76. The van der Waals surface area contributed by atoms with Crippen molar-refractivity contribution in [2.24, 2.45) is 0 Å². The van der Waals surface area contributed by atoms with Crippen molar-refractivity contribution in [2.45, 2.75) is 12.8 Å². The molecule has 0 atom stereocenters.